The Hall–Kier alpha value is -3.71. The second kappa shape index (κ2) is 6.15. The fourth-order valence-electron chi connectivity index (χ4n) is 4.55. The van der Waals surface area contributed by atoms with Gasteiger partial charge in [-0.15, -0.1) is 0 Å². The summed E-state index contributed by atoms with van der Waals surface area (Å²) in [5, 5.41) is 8.82. The molecule has 0 radical (unpaired) electrons. The lowest BCUT2D eigenvalue weighted by molar-refractivity contribution is 1.43. The molecule has 0 aliphatic rings. The molecule has 6 aromatic rings. The first-order valence-corrected chi connectivity index (χ1v) is 9.99. The van der Waals surface area contributed by atoms with Gasteiger partial charge in [-0.1, -0.05) is 78.9 Å². The van der Waals surface area contributed by atoms with Crippen LogP contribution >= 0.6 is 0 Å². The van der Waals surface area contributed by atoms with Crippen LogP contribution in [0, 0.1) is 6.92 Å². The van der Waals surface area contributed by atoms with Gasteiger partial charge in [0.05, 0.1) is 11.2 Å². The number of hydrogen-bond acceptors (Lipinski definition) is 1. The first-order chi connectivity index (χ1) is 14.3. The van der Waals surface area contributed by atoms with Gasteiger partial charge in [0.1, 0.15) is 0 Å². The molecule has 0 saturated heterocycles. The van der Waals surface area contributed by atoms with E-state index in [1.54, 1.807) is 0 Å². The van der Waals surface area contributed by atoms with Crippen molar-refractivity contribution in [2.75, 3.05) is 0 Å². The molecule has 0 atom stereocenters. The van der Waals surface area contributed by atoms with E-state index >= 15 is 0 Å². The second-order valence-electron chi connectivity index (χ2n) is 7.70. The van der Waals surface area contributed by atoms with Crippen molar-refractivity contribution in [3.8, 4) is 11.3 Å². The van der Waals surface area contributed by atoms with Crippen LogP contribution in [0.3, 0.4) is 0 Å². The Kier molecular flexibility index (Phi) is 3.45. The molecular weight excluding hydrogens is 350 g/mol. The van der Waals surface area contributed by atoms with Gasteiger partial charge in [0.25, 0.3) is 0 Å². The topological polar surface area (TPSA) is 12.9 Å². The van der Waals surface area contributed by atoms with Crippen molar-refractivity contribution in [2.45, 2.75) is 6.92 Å². The van der Waals surface area contributed by atoms with Crippen molar-refractivity contribution >= 4 is 43.2 Å². The average Bonchev–Trinajstić information content (AvgIpc) is 2.78. The lowest BCUT2D eigenvalue weighted by Gasteiger charge is -2.14. The smallest absolute Gasteiger partial charge is 0.0788 e. The van der Waals surface area contributed by atoms with E-state index in [-0.39, 0.29) is 0 Å². The highest BCUT2D eigenvalue weighted by Gasteiger charge is 2.14. The SMILES string of the molecule is Cc1cc2c(-c3ccc4ccccc4c3)nc3ccccc3c2c2ccccc12. The van der Waals surface area contributed by atoms with Gasteiger partial charge in [-0.2, -0.15) is 0 Å². The molecule has 29 heavy (non-hydrogen) atoms. The summed E-state index contributed by atoms with van der Waals surface area (Å²) in [6.07, 6.45) is 0. The number of fused-ring (bicyclic) bond motifs is 6. The van der Waals surface area contributed by atoms with Gasteiger partial charge >= 0.3 is 0 Å². The molecule has 0 fully saturated rings. The van der Waals surface area contributed by atoms with Crippen LogP contribution in [0.4, 0.5) is 0 Å². The van der Waals surface area contributed by atoms with Gasteiger partial charge in [-0.05, 0) is 52.2 Å². The van der Waals surface area contributed by atoms with Crippen molar-refractivity contribution in [1.82, 2.24) is 4.98 Å². The molecule has 0 amide bonds. The zero-order chi connectivity index (χ0) is 19.4. The number of hydrogen-bond donors (Lipinski definition) is 0. The third-order valence-electron chi connectivity index (χ3n) is 5.94. The molecule has 0 aliphatic carbocycles. The van der Waals surface area contributed by atoms with Gasteiger partial charge in [0.2, 0.25) is 0 Å². The Labute approximate surface area is 169 Å². The molecule has 0 bridgehead atoms. The van der Waals surface area contributed by atoms with E-state index in [1.807, 2.05) is 0 Å². The summed E-state index contributed by atoms with van der Waals surface area (Å²) in [6.45, 7) is 2.20. The fraction of sp³-hybridized carbons (Fsp3) is 0.0357. The van der Waals surface area contributed by atoms with Gasteiger partial charge in [-0.25, -0.2) is 4.98 Å². The van der Waals surface area contributed by atoms with Crippen LogP contribution in [0.15, 0.2) is 97.1 Å². The quantitative estimate of drug-likeness (QED) is 0.271. The van der Waals surface area contributed by atoms with E-state index in [0.717, 1.165) is 16.8 Å². The third kappa shape index (κ3) is 2.44. The highest BCUT2D eigenvalue weighted by atomic mass is 14.7. The molecule has 6 rings (SSSR count). The van der Waals surface area contributed by atoms with Crippen molar-refractivity contribution in [1.29, 1.82) is 0 Å². The largest absolute Gasteiger partial charge is 0.247 e. The van der Waals surface area contributed by atoms with E-state index < -0.39 is 0 Å². The number of aromatic nitrogens is 1. The zero-order valence-electron chi connectivity index (χ0n) is 16.2. The summed E-state index contributed by atoms with van der Waals surface area (Å²) in [6, 6.07) is 34.7. The van der Waals surface area contributed by atoms with Gasteiger partial charge in [-0.3, -0.25) is 0 Å². The van der Waals surface area contributed by atoms with E-state index in [0.29, 0.717) is 0 Å². The van der Waals surface area contributed by atoms with E-state index in [9.17, 15) is 0 Å². The lowest BCUT2D eigenvalue weighted by atomic mass is 9.92. The summed E-state index contributed by atoms with van der Waals surface area (Å²) < 4.78 is 0. The molecule has 5 aromatic carbocycles. The van der Waals surface area contributed by atoms with Crippen LogP contribution in [0.5, 0.6) is 0 Å². The number of pyridine rings is 1. The van der Waals surface area contributed by atoms with Crippen molar-refractivity contribution in [3.63, 3.8) is 0 Å². The molecular formula is C28H19N. The van der Waals surface area contributed by atoms with Gasteiger partial charge in [0.15, 0.2) is 0 Å². The minimum atomic E-state index is 1.04. The van der Waals surface area contributed by atoms with Crippen LogP contribution in [-0.2, 0) is 0 Å². The highest BCUT2D eigenvalue weighted by Crippen LogP contribution is 2.38. The summed E-state index contributed by atoms with van der Waals surface area (Å²) in [4.78, 5) is 5.13. The molecule has 1 heterocycles. The van der Waals surface area contributed by atoms with Gasteiger partial charge < -0.3 is 0 Å². The van der Waals surface area contributed by atoms with E-state index in [1.165, 1.54) is 43.3 Å². The van der Waals surface area contributed by atoms with Crippen LogP contribution in [0.25, 0.3) is 54.5 Å². The molecule has 0 N–H and O–H groups in total. The molecule has 1 heteroatoms. The van der Waals surface area contributed by atoms with E-state index in [4.69, 9.17) is 4.98 Å². The Bertz CT molecular complexity index is 1560. The predicted molar refractivity (Wildman–Crippen MR) is 124 cm³/mol. The van der Waals surface area contributed by atoms with Crippen LogP contribution in [-0.4, -0.2) is 4.98 Å². The van der Waals surface area contributed by atoms with Crippen molar-refractivity contribution < 1.29 is 0 Å². The molecule has 0 spiro atoms. The maximum atomic E-state index is 5.13. The number of nitrogens with zero attached hydrogens (tertiary/aromatic N) is 1. The lowest BCUT2D eigenvalue weighted by Crippen LogP contribution is -1.92. The molecule has 1 nitrogen and oxygen atoms in total. The maximum absolute atomic E-state index is 5.13. The van der Waals surface area contributed by atoms with Crippen molar-refractivity contribution in [3.05, 3.63) is 103 Å². The number of aryl methyl sites for hydroxylation is 1. The van der Waals surface area contributed by atoms with Gasteiger partial charge in [0, 0.05) is 21.7 Å². The van der Waals surface area contributed by atoms with E-state index in [2.05, 4.69) is 104 Å². The summed E-state index contributed by atoms with van der Waals surface area (Å²) >= 11 is 0. The molecule has 0 aliphatic heterocycles. The summed E-state index contributed by atoms with van der Waals surface area (Å²) in [5.74, 6) is 0. The normalized spacial score (nSPS) is 11.6. The molecule has 136 valence electrons. The summed E-state index contributed by atoms with van der Waals surface area (Å²) in [5.41, 5.74) is 4.54. The molecule has 1 aromatic heterocycles. The Balaban J connectivity index is 1.82. The summed E-state index contributed by atoms with van der Waals surface area (Å²) in [7, 11) is 0. The standard InChI is InChI=1S/C28H19N/c1-18-16-25-27(23-11-5-4-10-22(18)23)24-12-6-7-13-26(24)29-28(25)21-15-14-19-8-2-3-9-20(19)17-21/h2-17H,1H3. The molecule has 0 saturated carbocycles. The maximum Gasteiger partial charge on any atom is 0.0788 e. The Morgan fingerprint density at radius 3 is 2.10 bits per heavy atom. The monoisotopic (exact) mass is 369 g/mol. The van der Waals surface area contributed by atoms with Crippen LogP contribution in [0.2, 0.25) is 0 Å². The number of rotatable bonds is 1. The average molecular weight is 369 g/mol. The Morgan fingerprint density at radius 1 is 0.552 bits per heavy atom. The number of para-hydroxylation sites is 1. The first-order valence-electron chi connectivity index (χ1n) is 9.99. The highest BCUT2D eigenvalue weighted by molar-refractivity contribution is 6.23. The zero-order valence-corrected chi connectivity index (χ0v) is 16.2. The second-order valence-corrected chi connectivity index (χ2v) is 7.70. The molecule has 0 unspecified atom stereocenters. The minimum Gasteiger partial charge on any atom is -0.247 e. The predicted octanol–water partition coefficient (Wildman–Crippen LogP) is 7.67. The van der Waals surface area contributed by atoms with Crippen LogP contribution in [0.1, 0.15) is 5.56 Å². The number of benzene rings is 5. The van der Waals surface area contributed by atoms with Crippen molar-refractivity contribution in [2.24, 2.45) is 0 Å². The Morgan fingerprint density at radius 2 is 1.24 bits per heavy atom. The minimum absolute atomic E-state index is 1.04. The first kappa shape index (κ1) is 16.3. The third-order valence-corrected chi connectivity index (χ3v) is 5.94. The van der Waals surface area contributed by atoms with Crippen LogP contribution < -0.4 is 0 Å². The fourth-order valence-corrected chi connectivity index (χ4v) is 4.55.